The summed E-state index contributed by atoms with van der Waals surface area (Å²) >= 11 is 3.30. The highest BCUT2D eigenvalue weighted by molar-refractivity contribution is 9.10. The highest BCUT2D eigenvalue weighted by Crippen LogP contribution is 2.26. The second kappa shape index (κ2) is 6.21. The first kappa shape index (κ1) is 15.8. The molecule has 2 aromatic carbocycles. The highest BCUT2D eigenvalue weighted by Gasteiger charge is 2.24. The molecular formula is C15H13BrN2O4S. The van der Waals surface area contributed by atoms with Gasteiger partial charge in [-0.1, -0.05) is 12.1 Å². The minimum Gasteiger partial charge on any atom is -0.447 e. The molecule has 1 saturated heterocycles. The largest absolute Gasteiger partial charge is 0.447 e. The van der Waals surface area contributed by atoms with Crippen molar-refractivity contribution in [2.45, 2.75) is 4.90 Å². The summed E-state index contributed by atoms with van der Waals surface area (Å²) in [4.78, 5) is 13.1. The van der Waals surface area contributed by atoms with Gasteiger partial charge in [0.1, 0.15) is 6.61 Å². The molecule has 23 heavy (non-hydrogen) atoms. The van der Waals surface area contributed by atoms with Crippen molar-refractivity contribution in [3.8, 4) is 0 Å². The van der Waals surface area contributed by atoms with Crippen LogP contribution >= 0.6 is 15.9 Å². The molecule has 1 amide bonds. The van der Waals surface area contributed by atoms with Crippen LogP contribution in [0.25, 0.3) is 0 Å². The Balaban J connectivity index is 1.83. The van der Waals surface area contributed by atoms with Gasteiger partial charge in [0, 0.05) is 10.2 Å². The van der Waals surface area contributed by atoms with Crippen molar-refractivity contribution in [3.05, 3.63) is 53.0 Å². The zero-order chi connectivity index (χ0) is 16.4. The Bertz CT molecular complexity index is 837. The molecule has 0 unspecified atom stereocenters. The Morgan fingerprint density at radius 2 is 1.78 bits per heavy atom. The summed E-state index contributed by atoms with van der Waals surface area (Å²) in [6.45, 7) is 0.794. The lowest BCUT2D eigenvalue weighted by Crippen LogP contribution is -2.23. The van der Waals surface area contributed by atoms with Gasteiger partial charge in [-0.2, -0.15) is 0 Å². The normalized spacial score (nSPS) is 14.7. The topological polar surface area (TPSA) is 75.7 Å². The first-order valence-corrected chi connectivity index (χ1v) is 9.07. The van der Waals surface area contributed by atoms with Crippen molar-refractivity contribution < 1.29 is 17.9 Å². The van der Waals surface area contributed by atoms with Crippen LogP contribution in [0, 0.1) is 0 Å². The number of nitrogens with zero attached hydrogens (tertiary/aromatic N) is 1. The van der Waals surface area contributed by atoms with Gasteiger partial charge in [-0.3, -0.25) is 9.62 Å². The van der Waals surface area contributed by atoms with E-state index in [0.29, 0.717) is 29.0 Å². The third kappa shape index (κ3) is 3.32. The van der Waals surface area contributed by atoms with Gasteiger partial charge in [0.2, 0.25) is 0 Å². The second-order valence-electron chi connectivity index (χ2n) is 4.85. The summed E-state index contributed by atoms with van der Waals surface area (Å²) < 4.78 is 32.9. The van der Waals surface area contributed by atoms with Gasteiger partial charge in [-0.05, 0) is 52.3 Å². The molecule has 1 aliphatic heterocycles. The molecule has 6 nitrogen and oxygen atoms in total. The van der Waals surface area contributed by atoms with E-state index >= 15 is 0 Å². The van der Waals surface area contributed by atoms with E-state index in [9.17, 15) is 13.2 Å². The summed E-state index contributed by atoms with van der Waals surface area (Å²) in [6.07, 6.45) is -0.424. The Kier molecular flexibility index (Phi) is 4.27. The number of sulfonamides is 1. The number of para-hydroxylation sites is 1. The van der Waals surface area contributed by atoms with Crippen molar-refractivity contribution >= 4 is 43.4 Å². The number of anilines is 2. The molecule has 3 rings (SSSR count). The molecule has 0 radical (unpaired) electrons. The van der Waals surface area contributed by atoms with Gasteiger partial charge in [-0.25, -0.2) is 13.2 Å². The summed E-state index contributed by atoms with van der Waals surface area (Å²) in [5.74, 6) is 0. The van der Waals surface area contributed by atoms with Gasteiger partial charge < -0.3 is 4.74 Å². The zero-order valence-electron chi connectivity index (χ0n) is 11.9. The van der Waals surface area contributed by atoms with Crippen LogP contribution in [0.3, 0.4) is 0 Å². The summed E-state index contributed by atoms with van der Waals surface area (Å²) in [5, 5.41) is 0. The molecule has 1 fully saturated rings. The number of nitrogens with one attached hydrogen (secondary N) is 1. The second-order valence-corrected chi connectivity index (χ2v) is 7.38. The molecule has 1 heterocycles. The van der Waals surface area contributed by atoms with Crippen LogP contribution in [0.2, 0.25) is 0 Å². The molecule has 8 heteroatoms. The van der Waals surface area contributed by atoms with Gasteiger partial charge >= 0.3 is 6.09 Å². The van der Waals surface area contributed by atoms with Crippen LogP contribution < -0.4 is 9.62 Å². The van der Waals surface area contributed by atoms with E-state index in [4.69, 9.17) is 4.74 Å². The number of halogens is 1. The van der Waals surface area contributed by atoms with Crippen molar-refractivity contribution in [2.75, 3.05) is 22.8 Å². The van der Waals surface area contributed by atoms with Crippen LogP contribution in [-0.4, -0.2) is 27.7 Å². The molecule has 120 valence electrons. The van der Waals surface area contributed by atoms with Crippen LogP contribution in [0.15, 0.2) is 57.9 Å². The fourth-order valence-corrected chi connectivity index (χ4v) is 3.78. The molecule has 0 saturated carbocycles. The molecule has 0 aliphatic carbocycles. The molecule has 0 atom stereocenters. The molecule has 0 bridgehead atoms. The number of ether oxygens (including phenoxy) is 1. The average Bonchev–Trinajstić information content (AvgIpc) is 2.96. The average molecular weight is 397 g/mol. The van der Waals surface area contributed by atoms with Crippen molar-refractivity contribution in [1.29, 1.82) is 0 Å². The summed E-state index contributed by atoms with van der Waals surface area (Å²) in [5.41, 5.74) is 1.06. The minimum atomic E-state index is -3.70. The van der Waals surface area contributed by atoms with E-state index in [1.807, 2.05) is 0 Å². The quantitative estimate of drug-likeness (QED) is 0.860. The minimum absolute atomic E-state index is 0.115. The fraction of sp³-hybridized carbons (Fsp3) is 0.133. The predicted octanol–water partition coefficient (Wildman–Crippen LogP) is 3.21. The number of benzene rings is 2. The SMILES string of the molecule is O=C1OCCN1c1ccc(S(=O)(=O)Nc2ccccc2Br)cc1. The third-order valence-electron chi connectivity index (χ3n) is 3.34. The maximum atomic E-state index is 12.4. The fourth-order valence-electron chi connectivity index (χ4n) is 2.18. The lowest BCUT2D eigenvalue weighted by atomic mass is 10.3. The number of rotatable bonds is 4. The Labute approximate surface area is 142 Å². The van der Waals surface area contributed by atoms with Crippen LogP contribution in [0.5, 0.6) is 0 Å². The lowest BCUT2D eigenvalue weighted by Gasteiger charge is -2.14. The maximum Gasteiger partial charge on any atom is 0.414 e. The molecule has 0 spiro atoms. The van der Waals surface area contributed by atoms with Gasteiger partial charge in [0.05, 0.1) is 17.1 Å². The number of cyclic esters (lactones) is 1. The number of carbonyl (C=O) groups excluding carboxylic acids is 1. The standard InChI is InChI=1S/C15H13BrN2O4S/c16-13-3-1-2-4-14(13)17-23(20,21)12-7-5-11(6-8-12)18-9-10-22-15(18)19/h1-8,17H,9-10H2. The first-order valence-electron chi connectivity index (χ1n) is 6.79. The zero-order valence-corrected chi connectivity index (χ0v) is 14.3. The number of hydrogen-bond donors (Lipinski definition) is 1. The van der Waals surface area contributed by atoms with Gasteiger partial charge in [0.25, 0.3) is 10.0 Å². The summed E-state index contributed by atoms with van der Waals surface area (Å²) in [7, 11) is -3.70. The van der Waals surface area contributed by atoms with Gasteiger partial charge in [0.15, 0.2) is 0 Å². The highest BCUT2D eigenvalue weighted by atomic mass is 79.9. The Morgan fingerprint density at radius 1 is 1.09 bits per heavy atom. The smallest absolute Gasteiger partial charge is 0.414 e. The molecule has 2 aromatic rings. The lowest BCUT2D eigenvalue weighted by molar-refractivity contribution is 0.181. The van der Waals surface area contributed by atoms with Crippen molar-refractivity contribution in [2.24, 2.45) is 0 Å². The summed E-state index contributed by atoms with van der Waals surface area (Å²) in [6, 6.07) is 13.0. The van der Waals surface area contributed by atoms with Crippen LogP contribution in [0.4, 0.5) is 16.2 Å². The third-order valence-corrected chi connectivity index (χ3v) is 5.41. The Hall–Kier alpha value is -2.06. The Morgan fingerprint density at radius 3 is 2.39 bits per heavy atom. The van der Waals surface area contributed by atoms with Crippen LogP contribution in [-0.2, 0) is 14.8 Å². The van der Waals surface area contributed by atoms with E-state index < -0.39 is 16.1 Å². The van der Waals surface area contributed by atoms with E-state index in [-0.39, 0.29) is 4.90 Å². The predicted molar refractivity (Wildman–Crippen MR) is 90.1 cm³/mol. The number of amides is 1. The van der Waals surface area contributed by atoms with Crippen molar-refractivity contribution in [1.82, 2.24) is 0 Å². The molecule has 1 aliphatic rings. The molecule has 1 N–H and O–H groups in total. The first-order chi connectivity index (χ1) is 11.0. The van der Waals surface area contributed by atoms with Crippen molar-refractivity contribution in [3.63, 3.8) is 0 Å². The molecular weight excluding hydrogens is 384 g/mol. The van der Waals surface area contributed by atoms with E-state index in [0.717, 1.165) is 0 Å². The number of carbonyl (C=O) groups is 1. The van der Waals surface area contributed by atoms with E-state index in [1.54, 1.807) is 36.4 Å². The number of hydrogen-bond acceptors (Lipinski definition) is 4. The van der Waals surface area contributed by atoms with E-state index in [1.165, 1.54) is 17.0 Å². The van der Waals surface area contributed by atoms with Crippen LogP contribution in [0.1, 0.15) is 0 Å². The monoisotopic (exact) mass is 396 g/mol. The molecule has 0 aromatic heterocycles. The maximum absolute atomic E-state index is 12.4. The van der Waals surface area contributed by atoms with E-state index in [2.05, 4.69) is 20.7 Å². The van der Waals surface area contributed by atoms with Gasteiger partial charge in [-0.15, -0.1) is 0 Å².